The minimum Gasteiger partial charge on any atom is -0.379 e. The van der Waals surface area contributed by atoms with Crippen LogP contribution >= 0.6 is 0 Å². The average Bonchev–Trinajstić information content (AvgIpc) is 1.97. The fraction of sp³-hybridized carbons (Fsp3) is 1.00. The van der Waals surface area contributed by atoms with E-state index in [9.17, 15) is 0 Å². The topological polar surface area (TPSA) is 35.5 Å². The zero-order valence-corrected chi connectivity index (χ0v) is 7.80. The Kier molecular flexibility index (Phi) is 6.51. The van der Waals surface area contributed by atoms with E-state index in [1.807, 2.05) is 0 Å². The summed E-state index contributed by atoms with van der Waals surface area (Å²) in [6.45, 7) is 6.96. The van der Waals surface area contributed by atoms with Gasteiger partial charge in [0.2, 0.25) is 0 Å². The molecule has 0 aliphatic heterocycles. The van der Waals surface area contributed by atoms with Gasteiger partial charge in [0.1, 0.15) is 6.23 Å². The van der Waals surface area contributed by atoms with Crippen molar-refractivity contribution >= 4 is 0 Å². The van der Waals surface area contributed by atoms with Crippen LogP contribution in [-0.4, -0.2) is 42.9 Å². The van der Waals surface area contributed by atoms with E-state index in [-0.39, 0.29) is 6.23 Å². The second kappa shape index (κ2) is 6.58. The second-order valence-corrected chi connectivity index (χ2v) is 2.88. The molecule has 0 aromatic carbocycles. The molecule has 0 bridgehead atoms. The minimum atomic E-state index is -0.373. The quantitative estimate of drug-likeness (QED) is 0.432. The molecule has 1 unspecified atom stereocenters. The number of hydrogen-bond donors (Lipinski definition) is 2. The third-order valence-electron chi connectivity index (χ3n) is 1.70. The molecule has 0 aromatic rings. The van der Waals surface area contributed by atoms with E-state index in [4.69, 9.17) is 5.11 Å². The lowest BCUT2D eigenvalue weighted by atomic mass is 10.4. The number of aliphatic hydroxyl groups is 1. The van der Waals surface area contributed by atoms with Gasteiger partial charge in [0, 0.05) is 0 Å². The summed E-state index contributed by atoms with van der Waals surface area (Å²) in [6.07, 6.45) is 0.719. The van der Waals surface area contributed by atoms with Crippen LogP contribution in [-0.2, 0) is 0 Å². The van der Waals surface area contributed by atoms with Gasteiger partial charge in [0.05, 0.1) is 0 Å². The van der Waals surface area contributed by atoms with E-state index in [1.165, 1.54) is 0 Å². The third-order valence-corrected chi connectivity index (χ3v) is 1.70. The Morgan fingerprint density at radius 1 is 1.55 bits per heavy atom. The fourth-order valence-electron chi connectivity index (χ4n) is 0.818. The zero-order chi connectivity index (χ0) is 8.69. The summed E-state index contributed by atoms with van der Waals surface area (Å²) in [5.74, 6) is 0. The molecule has 0 aliphatic carbocycles. The van der Waals surface area contributed by atoms with E-state index < -0.39 is 0 Å². The first-order chi connectivity index (χ1) is 5.16. The summed E-state index contributed by atoms with van der Waals surface area (Å²) in [5, 5.41) is 11.8. The second-order valence-electron chi connectivity index (χ2n) is 2.88. The lowest BCUT2D eigenvalue weighted by molar-refractivity contribution is 0.155. The van der Waals surface area contributed by atoms with Crippen LogP contribution in [0.2, 0.25) is 0 Å². The molecule has 0 radical (unpaired) electrons. The first-order valence-electron chi connectivity index (χ1n) is 4.26. The standard InChI is InChI=1S/C8H20N2O/c1-4-10(3)7-5-6-9-8(2)11/h8-9,11H,4-7H2,1-3H3. The summed E-state index contributed by atoms with van der Waals surface area (Å²) in [5.41, 5.74) is 0. The van der Waals surface area contributed by atoms with E-state index >= 15 is 0 Å². The minimum absolute atomic E-state index is 0.373. The molecule has 2 N–H and O–H groups in total. The molecule has 3 nitrogen and oxygen atoms in total. The number of aliphatic hydroxyl groups excluding tert-OH is 1. The highest BCUT2D eigenvalue weighted by molar-refractivity contribution is 4.51. The van der Waals surface area contributed by atoms with Crippen molar-refractivity contribution in [2.24, 2.45) is 0 Å². The third kappa shape index (κ3) is 7.78. The van der Waals surface area contributed by atoms with Crippen molar-refractivity contribution in [3.8, 4) is 0 Å². The Hall–Kier alpha value is -0.120. The Bertz CT molecular complexity index is 86.2. The summed E-state index contributed by atoms with van der Waals surface area (Å²) in [4.78, 5) is 2.25. The predicted molar refractivity (Wildman–Crippen MR) is 47.5 cm³/mol. The summed E-state index contributed by atoms with van der Waals surface area (Å²) >= 11 is 0. The molecule has 0 rings (SSSR count). The van der Waals surface area contributed by atoms with Crippen LogP contribution in [0.1, 0.15) is 20.3 Å². The lowest BCUT2D eigenvalue weighted by Crippen LogP contribution is -2.29. The molecule has 0 fully saturated rings. The Balaban J connectivity index is 3.01. The van der Waals surface area contributed by atoms with Gasteiger partial charge >= 0.3 is 0 Å². The van der Waals surface area contributed by atoms with Crippen LogP contribution in [0.5, 0.6) is 0 Å². The fourth-order valence-corrected chi connectivity index (χ4v) is 0.818. The lowest BCUT2D eigenvalue weighted by Gasteiger charge is -2.14. The molecule has 0 spiro atoms. The van der Waals surface area contributed by atoms with Gasteiger partial charge in [0.15, 0.2) is 0 Å². The number of rotatable bonds is 6. The SMILES string of the molecule is CCN(C)CCCNC(C)O. The largest absolute Gasteiger partial charge is 0.379 e. The zero-order valence-electron chi connectivity index (χ0n) is 7.80. The molecular weight excluding hydrogens is 140 g/mol. The van der Waals surface area contributed by atoms with Crippen molar-refractivity contribution in [3.63, 3.8) is 0 Å². The maximum atomic E-state index is 8.85. The Morgan fingerprint density at radius 2 is 2.18 bits per heavy atom. The van der Waals surface area contributed by atoms with Crippen molar-refractivity contribution in [2.75, 3.05) is 26.7 Å². The highest BCUT2D eigenvalue weighted by atomic mass is 16.3. The molecule has 68 valence electrons. The summed E-state index contributed by atoms with van der Waals surface area (Å²) < 4.78 is 0. The van der Waals surface area contributed by atoms with Crippen LogP contribution in [0, 0.1) is 0 Å². The van der Waals surface area contributed by atoms with Gasteiger partial charge in [-0.2, -0.15) is 0 Å². The van der Waals surface area contributed by atoms with Crippen LogP contribution in [0.4, 0.5) is 0 Å². The van der Waals surface area contributed by atoms with E-state index in [0.29, 0.717) is 0 Å². The molecule has 11 heavy (non-hydrogen) atoms. The van der Waals surface area contributed by atoms with Crippen LogP contribution in [0.15, 0.2) is 0 Å². The molecule has 3 heteroatoms. The average molecular weight is 160 g/mol. The van der Waals surface area contributed by atoms with Crippen molar-refractivity contribution in [3.05, 3.63) is 0 Å². The van der Waals surface area contributed by atoms with Crippen LogP contribution in [0.25, 0.3) is 0 Å². The molecule has 0 heterocycles. The molecule has 0 aromatic heterocycles. The molecular formula is C8H20N2O. The van der Waals surface area contributed by atoms with Crippen molar-refractivity contribution in [1.29, 1.82) is 0 Å². The van der Waals surface area contributed by atoms with E-state index in [1.54, 1.807) is 6.92 Å². The van der Waals surface area contributed by atoms with Gasteiger partial charge in [-0.15, -0.1) is 0 Å². The predicted octanol–water partition coefficient (Wildman–Crippen LogP) is 0.256. The van der Waals surface area contributed by atoms with Gasteiger partial charge in [-0.05, 0) is 40.0 Å². The van der Waals surface area contributed by atoms with Crippen molar-refractivity contribution < 1.29 is 5.11 Å². The van der Waals surface area contributed by atoms with Crippen molar-refractivity contribution in [2.45, 2.75) is 26.5 Å². The smallest absolute Gasteiger partial charge is 0.102 e. The Labute approximate surface area is 69.4 Å². The maximum Gasteiger partial charge on any atom is 0.102 e. The molecule has 0 saturated heterocycles. The van der Waals surface area contributed by atoms with Crippen LogP contribution in [0.3, 0.4) is 0 Å². The molecule has 0 saturated carbocycles. The molecule has 0 amide bonds. The monoisotopic (exact) mass is 160 g/mol. The normalized spacial score (nSPS) is 13.9. The first-order valence-corrected chi connectivity index (χ1v) is 4.26. The highest BCUT2D eigenvalue weighted by Gasteiger charge is 1.95. The van der Waals surface area contributed by atoms with E-state index in [0.717, 1.165) is 26.1 Å². The maximum absolute atomic E-state index is 8.85. The molecule has 1 atom stereocenters. The summed E-state index contributed by atoms with van der Waals surface area (Å²) in [6, 6.07) is 0. The number of nitrogens with zero attached hydrogens (tertiary/aromatic N) is 1. The number of nitrogens with one attached hydrogen (secondary N) is 1. The van der Waals surface area contributed by atoms with E-state index in [2.05, 4.69) is 24.2 Å². The van der Waals surface area contributed by atoms with Crippen molar-refractivity contribution in [1.82, 2.24) is 10.2 Å². The highest BCUT2D eigenvalue weighted by Crippen LogP contribution is 1.85. The summed E-state index contributed by atoms with van der Waals surface area (Å²) in [7, 11) is 2.10. The Morgan fingerprint density at radius 3 is 2.64 bits per heavy atom. The van der Waals surface area contributed by atoms with Gasteiger partial charge in [-0.1, -0.05) is 6.92 Å². The van der Waals surface area contributed by atoms with Gasteiger partial charge in [-0.3, -0.25) is 5.32 Å². The number of hydrogen-bond acceptors (Lipinski definition) is 3. The van der Waals surface area contributed by atoms with Gasteiger partial charge in [0.25, 0.3) is 0 Å². The van der Waals surface area contributed by atoms with Crippen LogP contribution < -0.4 is 5.32 Å². The first kappa shape index (κ1) is 10.9. The van der Waals surface area contributed by atoms with Gasteiger partial charge < -0.3 is 10.0 Å². The van der Waals surface area contributed by atoms with Gasteiger partial charge in [-0.25, -0.2) is 0 Å². The molecule has 0 aliphatic rings.